The smallest absolute Gasteiger partial charge is 0.133 e. The highest BCUT2D eigenvalue weighted by molar-refractivity contribution is 5.48. The predicted octanol–water partition coefficient (Wildman–Crippen LogP) is 3.07. The number of anilines is 2. The first-order valence-corrected chi connectivity index (χ1v) is 6.89. The Kier molecular flexibility index (Phi) is 3.73. The SMILES string of the molecule is CCCc1nc(NC)cc(NC(C)(C)C2CC2)n1. The van der Waals surface area contributed by atoms with Gasteiger partial charge in [-0.2, -0.15) is 0 Å². The topological polar surface area (TPSA) is 49.8 Å². The molecule has 4 nitrogen and oxygen atoms in total. The van der Waals surface area contributed by atoms with Crippen molar-refractivity contribution in [2.45, 2.75) is 52.0 Å². The number of aryl methyl sites for hydroxylation is 1. The Bertz CT molecular complexity index is 410. The van der Waals surface area contributed by atoms with Gasteiger partial charge in [0.2, 0.25) is 0 Å². The van der Waals surface area contributed by atoms with E-state index in [1.54, 1.807) is 0 Å². The molecule has 0 bridgehead atoms. The van der Waals surface area contributed by atoms with Crippen LogP contribution < -0.4 is 10.6 Å². The molecule has 2 rings (SSSR count). The van der Waals surface area contributed by atoms with E-state index in [4.69, 9.17) is 0 Å². The van der Waals surface area contributed by atoms with Crippen molar-refractivity contribution in [1.82, 2.24) is 9.97 Å². The Balaban J connectivity index is 2.17. The molecule has 0 unspecified atom stereocenters. The number of hydrogen-bond donors (Lipinski definition) is 2. The molecule has 1 aliphatic carbocycles. The highest BCUT2D eigenvalue weighted by Crippen LogP contribution is 2.40. The molecular weight excluding hydrogens is 224 g/mol. The Hall–Kier alpha value is -1.32. The standard InChI is InChI=1S/C14H24N4/c1-5-6-11-16-12(15-4)9-13(17-11)18-14(2,3)10-7-8-10/h9-10H,5-8H2,1-4H3,(H2,15,16,17,18). The van der Waals surface area contributed by atoms with Crippen molar-refractivity contribution in [3.05, 3.63) is 11.9 Å². The summed E-state index contributed by atoms with van der Waals surface area (Å²) < 4.78 is 0. The molecular formula is C14H24N4. The van der Waals surface area contributed by atoms with E-state index < -0.39 is 0 Å². The van der Waals surface area contributed by atoms with Crippen LogP contribution in [0.1, 0.15) is 45.9 Å². The van der Waals surface area contributed by atoms with Crippen LogP contribution in [0, 0.1) is 5.92 Å². The van der Waals surface area contributed by atoms with Crippen molar-refractivity contribution in [2.24, 2.45) is 5.92 Å². The third-order valence-corrected chi connectivity index (χ3v) is 3.55. The van der Waals surface area contributed by atoms with E-state index >= 15 is 0 Å². The molecule has 18 heavy (non-hydrogen) atoms. The number of aromatic nitrogens is 2. The summed E-state index contributed by atoms with van der Waals surface area (Å²) in [5, 5.41) is 6.67. The van der Waals surface area contributed by atoms with Crippen LogP contribution in [0.15, 0.2) is 6.07 Å². The lowest BCUT2D eigenvalue weighted by molar-refractivity contribution is 0.492. The fraction of sp³-hybridized carbons (Fsp3) is 0.714. The molecule has 100 valence electrons. The van der Waals surface area contributed by atoms with Gasteiger partial charge in [-0.1, -0.05) is 6.92 Å². The minimum absolute atomic E-state index is 0.128. The van der Waals surface area contributed by atoms with Gasteiger partial charge in [0.15, 0.2) is 0 Å². The van der Waals surface area contributed by atoms with E-state index in [9.17, 15) is 0 Å². The van der Waals surface area contributed by atoms with Crippen molar-refractivity contribution in [2.75, 3.05) is 17.7 Å². The van der Waals surface area contributed by atoms with Gasteiger partial charge in [0.25, 0.3) is 0 Å². The summed E-state index contributed by atoms with van der Waals surface area (Å²) in [7, 11) is 1.90. The molecule has 1 heterocycles. The zero-order chi connectivity index (χ0) is 13.2. The first-order chi connectivity index (χ1) is 8.55. The second kappa shape index (κ2) is 5.12. The molecule has 2 N–H and O–H groups in total. The maximum Gasteiger partial charge on any atom is 0.133 e. The quantitative estimate of drug-likeness (QED) is 0.812. The third kappa shape index (κ3) is 3.12. The third-order valence-electron chi connectivity index (χ3n) is 3.55. The van der Waals surface area contributed by atoms with Crippen molar-refractivity contribution < 1.29 is 0 Å². The fourth-order valence-electron chi connectivity index (χ4n) is 2.26. The van der Waals surface area contributed by atoms with Crippen LogP contribution >= 0.6 is 0 Å². The van der Waals surface area contributed by atoms with Crippen molar-refractivity contribution in [3.63, 3.8) is 0 Å². The van der Waals surface area contributed by atoms with Gasteiger partial charge in [-0.25, -0.2) is 9.97 Å². The van der Waals surface area contributed by atoms with Crippen LogP contribution in [-0.4, -0.2) is 22.6 Å². The van der Waals surface area contributed by atoms with Gasteiger partial charge < -0.3 is 10.6 Å². The van der Waals surface area contributed by atoms with Gasteiger partial charge in [0.1, 0.15) is 17.5 Å². The van der Waals surface area contributed by atoms with Crippen molar-refractivity contribution in [1.29, 1.82) is 0 Å². The highest BCUT2D eigenvalue weighted by Gasteiger charge is 2.37. The van der Waals surface area contributed by atoms with Gasteiger partial charge in [0.05, 0.1) is 0 Å². The maximum atomic E-state index is 4.60. The zero-order valence-electron chi connectivity index (χ0n) is 11.9. The summed E-state index contributed by atoms with van der Waals surface area (Å²) in [6, 6.07) is 1.99. The number of hydrogen-bond acceptors (Lipinski definition) is 4. The van der Waals surface area contributed by atoms with Gasteiger partial charge >= 0.3 is 0 Å². The minimum Gasteiger partial charge on any atom is -0.373 e. The van der Waals surface area contributed by atoms with Gasteiger partial charge in [-0.15, -0.1) is 0 Å². The molecule has 1 aliphatic rings. The lowest BCUT2D eigenvalue weighted by Gasteiger charge is -2.27. The van der Waals surface area contributed by atoms with Gasteiger partial charge in [0, 0.05) is 25.1 Å². The number of nitrogens with zero attached hydrogens (tertiary/aromatic N) is 2. The molecule has 0 aliphatic heterocycles. The minimum atomic E-state index is 0.128. The molecule has 1 aromatic heterocycles. The number of rotatable bonds is 6. The maximum absolute atomic E-state index is 4.60. The average Bonchev–Trinajstić information content (AvgIpc) is 3.12. The highest BCUT2D eigenvalue weighted by atomic mass is 15.1. The fourth-order valence-corrected chi connectivity index (χ4v) is 2.26. The molecule has 1 aromatic rings. The van der Waals surface area contributed by atoms with Crippen LogP contribution in [-0.2, 0) is 6.42 Å². The first kappa shape index (κ1) is 13.1. The lowest BCUT2D eigenvalue weighted by atomic mass is 9.99. The van der Waals surface area contributed by atoms with E-state index in [2.05, 4.69) is 41.4 Å². The summed E-state index contributed by atoms with van der Waals surface area (Å²) in [5.74, 6) is 3.52. The second-order valence-corrected chi connectivity index (χ2v) is 5.68. The van der Waals surface area contributed by atoms with E-state index in [-0.39, 0.29) is 5.54 Å². The van der Waals surface area contributed by atoms with Crippen molar-refractivity contribution in [3.8, 4) is 0 Å². The summed E-state index contributed by atoms with van der Waals surface area (Å²) in [4.78, 5) is 9.07. The average molecular weight is 248 g/mol. The molecule has 0 aromatic carbocycles. The Morgan fingerprint density at radius 2 is 1.94 bits per heavy atom. The molecule has 0 spiro atoms. The van der Waals surface area contributed by atoms with Gasteiger partial charge in [-0.05, 0) is 39.0 Å². The monoisotopic (exact) mass is 248 g/mol. The molecule has 0 saturated heterocycles. The van der Waals surface area contributed by atoms with E-state index in [0.717, 1.165) is 36.2 Å². The number of nitrogens with one attached hydrogen (secondary N) is 2. The Labute approximate surface area is 110 Å². The molecule has 1 fully saturated rings. The Morgan fingerprint density at radius 3 is 2.50 bits per heavy atom. The first-order valence-electron chi connectivity index (χ1n) is 6.89. The van der Waals surface area contributed by atoms with Gasteiger partial charge in [-0.3, -0.25) is 0 Å². The summed E-state index contributed by atoms with van der Waals surface area (Å²) in [6.45, 7) is 6.66. The molecule has 0 atom stereocenters. The van der Waals surface area contributed by atoms with Crippen LogP contribution in [0.5, 0.6) is 0 Å². The molecule has 0 amide bonds. The molecule has 4 heteroatoms. The molecule has 0 radical (unpaired) electrons. The molecule has 1 saturated carbocycles. The summed E-state index contributed by atoms with van der Waals surface area (Å²) in [5.41, 5.74) is 0.128. The van der Waals surface area contributed by atoms with Crippen LogP contribution in [0.2, 0.25) is 0 Å². The zero-order valence-corrected chi connectivity index (χ0v) is 11.9. The lowest BCUT2D eigenvalue weighted by Crippen LogP contribution is -2.33. The normalized spacial score (nSPS) is 15.6. The van der Waals surface area contributed by atoms with E-state index in [0.29, 0.717) is 0 Å². The predicted molar refractivity (Wildman–Crippen MR) is 76.0 cm³/mol. The Morgan fingerprint density at radius 1 is 1.28 bits per heavy atom. The van der Waals surface area contributed by atoms with Crippen LogP contribution in [0.4, 0.5) is 11.6 Å². The van der Waals surface area contributed by atoms with E-state index in [1.165, 1.54) is 12.8 Å². The van der Waals surface area contributed by atoms with Crippen LogP contribution in [0.25, 0.3) is 0 Å². The second-order valence-electron chi connectivity index (χ2n) is 5.68. The van der Waals surface area contributed by atoms with E-state index in [1.807, 2.05) is 13.1 Å². The van der Waals surface area contributed by atoms with Crippen molar-refractivity contribution >= 4 is 11.6 Å². The summed E-state index contributed by atoms with van der Waals surface area (Å²) in [6.07, 6.45) is 4.64. The summed E-state index contributed by atoms with van der Waals surface area (Å²) >= 11 is 0. The largest absolute Gasteiger partial charge is 0.373 e. The van der Waals surface area contributed by atoms with Crippen LogP contribution in [0.3, 0.4) is 0 Å².